The van der Waals surface area contributed by atoms with Crippen molar-refractivity contribution in [2.75, 3.05) is 57.8 Å². The fourth-order valence-corrected chi connectivity index (χ4v) is 4.65. The molecular weight excluding hydrogens is 370 g/mol. The molecule has 8 nitrogen and oxygen atoms in total. The van der Waals surface area contributed by atoms with Crippen molar-refractivity contribution in [3.63, 3.8) is 0 Å². The summed E-state index contributed by atoms with van der Waals surface area (Å²) in [4.78, 5) is 31.5. The zero-order chi connectivity index (χ0) is 20.2. The van der Waals surface area contributed by atoms with E-state index in [-0.39, 0.29) is 23.8 Å². The molecule has 1 aromatic rings. The van der Waals surface area contributed by atoms with Gasteiger partial charge in [0, 0.05) is 63.5 Å². The van der Waals surface area contributed by atoms with Crippen LogP contribution in [0, 0.1) is 5.92 Å². The van der Waals surface area contributed by atoms with Crippen LogP contribution >= 0.6 is 0 Å². The van der Waals surface area contributed by atoms with Crippen LogP contribution in [0.15, 0.2) is 24.3 Å². The van der Waals surface area contributed by atoms with Crippen molar-refractivity contribution < 1.29 is 14.3 Å². The largest absolute Gasteiger partial charge is 0.497 e. The maximum atomic E-state index is 13.2. The Morgan fingerprint density at radius 3 is 2.76 bits per heavy atom. The predicted molar refractivity (Wildman–Crippen MR) is 111 cm³/mol. The molecule has 0 aliphatic carbocycles. The molecule has 3 heterocycles. The summed E-state index contributed by atoms with van der Waals surface area (Å²) in [5, 5.41) is 0. The highest BCUT2D eigenvalue weighted by molar-refractivity contribution is 5.80. The van der Waals surface area contributed by atoms with Crippen LogP contribution in [-0.4, -0.2) is 80.6 Å². The maximum absolute atomic E-state index is 13.2. The molecule has 29 heavy (non-hydrogen) atoms. The monoisotopic (exact) mass is 401 g/mol. The minimum absolute atomic E-state index is 0.0309. The average Bonchev–Trinajstić information content (AvgIpc) is 2.79. The zero-order valence-corrected chi connectivity index (χ0v) is 17.1. The average molecular weight is 402 g/mol. The first kappa shape index (κ1) is 20.0. The quantitative estimate of drug-likeness (QED) is 0.763. The van der Waals surface area contributed by atoms with E-state index < -0.39 is 0 Å². The van der Waals surface area contributed by atoms with Gasteiger partial charge in [0.15, 0.2) is 0 Å². The maximum Gasteiger partial charge on any atom is 0.235 e. The molecule has 0 saturated carbocycles. The van der Waals surface area contributed by atoms with Gasteiger partial charge in [-0.2, -0.15) is 0 Å². The van der Waals surface area contributed by atoms with Gasteiger partial charge < -0.3 is 14.5 Å². The molecule has 2 amide bonds. The van der Waals surface area contributed by atoms with Crippen LogP contribution in [0.4, 0.5) is 5.69 Å². The fraction of sp³-hybridized carbons (Fsp3) is 0.619. The summed E-state index contributed by atoms with van der Waals surface area (Å²) in [5.41, 5.74) is 6.77. The Labute approximate surface area is 172 Å². The normalized spacial score (nSPS) is 26.2. The highest BCUT2D eigenvalue weighted by Gasteiger charge is 2.34. The van der Waals surface area contributed by atoms with Crippen molar-refractivity contribution in [2.24, 2.45) is 5.92 Å². The number of piperidine rings is 1. The Bertz CT molecular complexity index is 735. The minimum Gasteiger partial charge on any atom is -0.497 e. The van der Waals surface area contributed by atoms with E-state index in [1.165, 1.54) is 0 Å². The van der Waals surface area contributed by atoms with E-state index >= 15 is 0 Å². The Hall–Kier alpha value is -2.32. The van der Waals surface area contributed by atoms with Gasteiger partial charge in [-0.15, -0.1) is 0 Å². The van der Waals surface area contributed by atoms with Gasteiger partial charge >= 0.3 is 0 Å². The second kappa shape index (κ2) is 9.00. The summed E-state index contributed by atoms with van der Waals surface area (Å²) in [6.07, 6.45) is 2.46. The van der Waals surface area contributed by atoms with Crippen molar-refractivity contribution in [3.05, 3.63) is 24.3 Å². The molecule has 158 valence electrons. The smallest absolute Gasteiger partial charge is 0.235 e. The van der Waals surface area contributed by atoms with E-state index in [1.807, 2.05) is 23.1 Å². The number of hydrazine groups is 1. The lowest BCUT2D eigenvalue weighted by atomic mass is 9.94. The highest BCUT2D eigenvalue weighted by Crippen LogP contribution is 2.25. The van der Waals surface area contributed by atoms with E-state index in [0.29, 0.717) is 6.42 Å². The molecule has 2 unspecified atom stereocenters. The lowest BCUT2D eigenvalue weighted by molar-refractivity contribution is -0.138. The summed E-state index contributed by atoms with van der Waals surface area (Å²) in [6, 6.07) is 8.27. The SMILES string of the molecule is COc1cccc(N2CCN(C(=O)C3CCCN(C4CNNC(=O)C4)C3)CC2)c1. The van der Waals surface area contributed by atoms with Crippen molar-refractivity contribution in [3.8, 4) is 5.75 Å². The molecule has 3 fully saturated rings. The molecule has 0 bridgehead atoms. The molecule has 3 aliphatic rings. The number of ether oxygens (including phenoxy) is 1. The molecule has 0 spiro atoms. The Kier molecular flexibility index (Phi) is 6.20. The van der Waals surface area contributed by atoms with Gasteiger partial charge in [-0.3, -0.25) is 19.9 Å². The van der Waals surface area contributed by atoms with Crippen molar-refractivity contribution >= 4 is 17.5 Å². The summed E-state index contributed by atoms with van der Waals surface area (Å²) in [6.45, 7) is 5.64. The van der Waals surface area contributed by atoms with Gasteiger partial charge in [-0.05, 0) is 31.5 Å². The Morgan fingerprint density at radius 2 is 2.00 bits per heavy atom. The van der Waals surface area contributed by atoms with Crippen LogP contribution in [0.2, 0.25) is 0 Å². The Balaban J connectivity index is 1.31. The van der Waals surface area contributed by atoms with E-state index in [9.17, 15) is 9.59 Å². The third-order valence-corrected chi connectivity index (χ3v) is 6.31. The first-order valence-electron chi connectivity index (χ1n) is 10.6. The van der Waals surface area contributed by atoms with Gasteiger partial charge in [0.05, 0.1) is 13.0 Å². The minimum atomic E-state index is 0.0309. The summed E-state index contributed by atoms with van der Waals surface area (Å²) in [7, 11) is 1.68. The number of benzene rings is 1. The number of amides is 2. The second-order valence-corrected chi connectivity index (χ2v) is 8.13. The second-order valence-electron chi connectivity index (χ2n) is 8.13. The predicted octanol–water partition coefficient (Wildman–Crippen LogP) is 0.449. The van der Waals surface area contributed by atoms with E-state index in [1.54, 1.807) is 7.11 Å². The van der Waals surface area contributed by atoms with Gasteiger partial charge in [-0.1, -0.05) is 6.07 Å². The van der Waals surface area contributed by atoms with Crippen LogP contribution in [0.5, 0.6) is 5.75 Å². The third kappa shape index (κ3) is 4.64. The number of hydrogen-bond donors (Lipinski definition) is 2. The van der Waals surface area contributed by atoms with Crippen molar-refractivity contribution in [1.82, 2.24) is 20.7 Å². The third-order valence-electron chi connectivity index (χ3n) is 6.31. The van der Waals surface area contributed by atoms with Crippen LogP contribution in [-0.2, 0) is 9.59 Å². The fourth-order valence-electron chi connectivity index (χ4n) is 4.65. The topological polar surface area (TPSA) is 77.2 Å². The number of anilines is 1. The zero-order valence-electron chi connectivity index (χ0n) is 17.1. The molecule has 8 heteroatoms. The van der Waals surface area contributed by atoms with E-state index in [4.69, 9.17) is 4.74 Å². The van der Waals surface area contributed by atoms with Crippen LogP contribution < -0.4 is 20.5 Å². The first-order chi connectivity index (χ1) is 14.1. The van der Waals surface area contributed by atoms with E-state index in [0.717, 1.165) is 70.1 Å². The molecule has 2 N–H and O–H groups in total. The van der Waals surface area contributed by atoms with Crippen molar-refractivity contribution in [1.29, 1.82) is 0 Å². The molecule has 4 rings (SSSR count). The molecule has 3 saturated heterocycles. The molecule has 1 aromatic carbocycles. The summed E-state index contributed by atoms with van der Waals surface area (Å²) >= 11 is 0. The standard InChI is InChI=1S/C21H31N5O3/c1-29-19-6-2-5-17(12-19)24-8-10-25(11-9-24)21(28)16-4-3-7-26(15-16)18-13-20(27)23-22-14-18/h2,5-6,12,16,18,22H,3-4,7-11,13-15H2,1H3,(H,23,27). The molecular formula is C21H31N5O3. The molecule has 0 aromatic heterocycles. The number of carbonyl (C=O) groups excluding carboxylic acids is 2. The lowest BCUT2D eigenvalue weighted by Crippen LogP contribution is -2.58. The molecule has 0 radical (unpaired) electrons. The number of methoxy groups -OCH3 is 1. The Morgan fingerprint density at radius 1 is 1.17 bits per heavy atom. The number of carbonyl (C=O) groups is 2. The lowest BCUT2D eigenvalue weighted by Gasteiger charge is -2.42. The number of piperazine rings is 1. The number of hydrogen-bond acceptors (Lipinski definition) is 6. The van der Waals surface area contributed by atoms with Crippen molar-refractivity contribution in [2.45, 2.75) is 25.3 Å². The number of nitrogens with zero attached hydrogens (tertiary/aromatic N) is 3. The molecule has 2 atom stereocenters. The molecule has 3 aliphatic heterocycles. The highest BCUT2D eigenvalue weighted by atomic mass is 16.5. The van der Waals surface area contributed by atoms with Crippen LogP contribution in [0.1, 0.15) is 19.3 Å². The van der Waals surface area contributed by atoms with Crippen LogP contribution in [0.3, 0.4) is 0 Å². The van der Waals surface area contributed by atoms with E-state index in [2.05, 4.69) is 26.7 Å². The number of likely N-dealkylation sites (tertiary alicyclic amines) is 1. The summed E-state index contributed by atoms with van der Waals surface area (Å²) in [5.74, 6) is 1.20. The summed E-state index contributed by atoms with van der Waals surface area (Å²) < 4.78 is 5.33. The van der Waals surface area contributed by atoms with Gasteiger partial charge in [0.2, 0.25) is 11.8 Å². The van der Waals surface area contributed by atoms with Crippen LogP contribution in [0.25, 0.3) is 0 Å². The first-order valence-corrected chi connectivity index (χ1v) is 10.6. The number of rotatable bonds is 4. The van der Waals surface area contributed by atoms with Gasteiger partial charge in [0.1, 0.15) is 5.75 Å². The van der Waals surface area contributed by atoms with Gasteiger partial charge in [0.25, 0.3) is 0 Å². The number of nitrogens with one attached hydrogen (secondary N) is 2. The van der Waals surface area contributed by atoms with Gasteiger partial charge in [-0.25, -0.2) is 5.43 Å².